The molecule has 1 heterocycles. The maximum Gasteiger partial charge on any atom is 0.340 e. The minimum atomic E-state index is -0.524. The van der Waals surface area contributed by atoms with E-state index in [0.29, 0.717) is 11.3 Å². The third-order valence-corrected chi connectivity index (χ3v) is 4.15. The molecule has 2 N–H and O–H groups in total. The number of amides is 1. The van der Waals surface area contributed by atoms with Gasteiger partial charge in [-0.05, 0) is 30.5 Å². The van der Waals surface area contributed by atoms with Crippen molar-refractivity contribution in [3.05, 3.63) is 52.2 Å². The van der Waals surface area contributed by atoms with E-state index in [4.69, 9.17) is 4.74 Å². The van der Waals surface area contributed by atoms with Crippen LogP contribution in [0.1, 0.15) is 28.2 Å². The number of ether oxygens (including phenoxy) is 1. The van der Waals surface area contributed by atoms with Crippen molar-refractivity contribution < 1.29 is 14.3 Å². The van der Waals surface area contributed by atoms with Crippen molar-refractivity contribution in [1.82, 2.24) is 5.32 Å². The van der Waals surface area contributed by atoms with Crippen molar-refractivity contribution in [3.63, 3.8) is 0 Å². The molecule has 1 aromatic heterocycles. The Kier molecular flexibility index (Phi) is 5.55. The van der Waals surface area contributed by atoms with Crippen LogP contribution in [0.3, 0.4) is 0 Å². The lowest BCUT2D eigenvalue weighted by Crippen LogP contribution is -2.30. The topological polar surface area (TPSA) is 67.4 Å². The zero-order valence-corrected chi connectivity index (χ0v) is 13.3. The van der Waals surface area contributed by atoms with Gasteiger partial charge in [0.15, 0.2) is 6.61 Å². The predicted octanol–water partition coefficient (Wildman–Crippen LogP) is 2.82. The summed E-state index contributed by atoms with van der Waals surface area (Å²) in [5, 5.41) is 7.66. The third kappa shape index (κ3) is 4.08. The molecule has 1 atom stereocenters. The number of thiophene rings is 1. The second-order valence-corrected chi connectivity index (χ2v) is 5.66. The van der Waals surface area contributed by atoms with Crippen molar-refractivity contribution in [1.29, 1.82) is 0 Å². The maximum absolute atomic E-state index is 12.0. The van der Waals surface area contributed by atoms with Crippen LogP contribution in [-0.2, 0) is 9.53 Å². The molecule has 0 aliphatic heterocycles. The van der Waals surface area contributed by atoms with Crippen LogP contribution in [-0.4, -0.2) is 25.5 Å². The minimum absolute atomic E-state index is 0.101. The van der Waals surface area contributed by atoms with Crippen LogP contribution < -0.4 is 10.6 Å². The smallest absolute Gasteiger partial charge is 0.340 e. The van der Waals surface area contributed by atoms with Crippen LogP contribution in [0.25, 0.3) is 0 Å². The molecule has 0 bridgehead atoms. The summed E-state index contributed by atoms with van der Waals surface area (Å²) in [6, 6.07) is 10.8. The highest BCUT2D eigenvalue weighted by molar-refractivity contribution is 7.10. The van der Waals surface area contributed by atoms with Gasteiger partial charge in [0, 0.05) is 17.6 Å². The van der Waals surface area contributed by atoms with E-state index in [1.54, 1.807) is 36.6 Å². The van der Waals surface area contributed by atoms with Gasteiger partial charge in [0.1, 0.15) is 0 Å². The number of hydrogen-bond donors (Lipinski definition) is 2. The molecule has 0 radical (unpaired) electrons. The van der Waals surface area contributed by atoms with Gasteiger partial charge >= 0.3 is 5.97 Å². The molecule has 0 saturated carbocycles. The Morgan fingerprint density at radius 1 is 1.23 bits per heavy atom. The Balaban J connectivity index is 1.87. The van der Waals surface area contributed by atoms with Crippen LogP contribution in [0.2, 0.25) is 0 Å². The molecular weight excluding hydrogens is 300 g/mol. The summed E-state index contributed by atoms with van der Waals surface area (Å²) in [5.41, 5.74) is 1.07. The van der Waals surface area contributed by atoms with E-state index in [1.807, 2.05) is 30.5 Å². The average molecular weight is 318 g/mol. The number of anilines is 1. The van der Waals surface area contributed by atoms with E-state index in [9.17, 15) is 9.59 Å². The first-order valence-corrected chi connectivity index (χ1v) is 7.76. The van der Waals surface area contributed by atoms with Crippen LogP contribution in [0, 0.1) is 0 Å². The number of hydrogen-bond acceptors (Lipinski definition) is 5. The standard InChI is InChI=1S/C16H18N2O3S/c1-11(14-8-5-9-22-14)18-15(19)10-21-16(20)12-6-3-4-7-13(12)17-2/h3-9,11,17H,10H2,1-2H3,(H,18,19)/t11-/m1/s1. The molecule has 22 heavy (non-hydrogen) atoms. The zero-order chi connectivity index (χ0) is 15.9. The van der Waals surface area contributed by atoms with E-state index >= 15 is 0 Å². The summed E-state index contributed by atoms with van der Waals surface area (Å²) >= 11 is 1.57. The Labute approximate surface area is 133 Å². The average Bonchev–Trinajstić information content (AvgIpc) is 3.07. The molecule has 116 valence electrons. The lowest BCUT2D eigenvalue weighted by molar-refractivity contribution is -0.124. The molecule has 0 aliphatic rings. The van der Waals surface area contributed by atoms with Gasteiger partial charge in [-0.2, -0.15) is 0 Å². The summed E-state index contributed by atoms with van der Waals surface area (Å²) in [7, 11) is 1.72. The van der Waals surface area contributed by atoms with Crippen LogP contribution in [0.15, 0.2) is 41.8 Å². The highest BCUT2D eigenvalue weighted by atomic mass is 32.1. The Morgan fingerprint density at radius 3 is 2.68 bits per heavy atom. The van der Waals surface area contributed by atoms with Crippen molar-refractivity contribution in [2.24, 2.45) is 0 Å². The van der Waals surface area contributed by atoms with Crippen molar-refractivity contribution in [3.8, 4) is 0 Å². The fourth-order valence-corrected chi connectivity index (χ4v) is 2.71. The van der Waals surface area contributed by atoms with Gasteiger partial charge in [-0.3, -0.25) is 4.79 Å². The minimum Gasteiger partial charge on any atom is -0.452 e. The molecular formula is C16H18N2O3S. The van der Waals surface area contributed by atoms with Gasteiger partial charge in [0.05, 0.1) is 11.6 Å². The summed E-state index contributed by atoms with van der Waals surface area (Å²) in [6.07, 6.45) is 0. The first kappa shape index (κ1) is 16.0. The lowest BCUT2D eigenvalue weighted by Gasteiger charge is -2.13. The first-order valence-electron chi connectivity index (χ1n) is 6.88. The molecule has 2 rings (SSSR count). The van der Waals surface area contributed by atoms with E-state index in [1.165, 1.54) is 0 Å². The van der Waals surface area contributed by atoms with E-state index < -0.39 is 5.97 Å². The van der Waals surface area contributed by atoms with E-state index in [0.717, 1.165) is 4.88 Å². The molecule has 0 aliphatic carbocycles. The quantitative estimate of drug-likeness (QED) is 0.804. The van der Waals surface area contributed by atoms with E-state index in [2.05, 4.69) is 10.6 Å². The monoisotopic (exact) mass is 318 g/mol. The largest absolute Gasteiger partial charge is 0.452 e. The highest BCUT2D eigenvalue weighted by Crippen LogP contribution is 2.18. The normalized spacial score (nSPS) is 11.5. The van der Waals surface area contributed by atoms with Gasteiger partial charge in [0.2, 0.25) is 0 Å². The van der Waals surface area contributed by atoms with Crippen molar-refractivity contribution in [2.45, 2.75) is 13.0 Å². The molecule has 2 aromatic rings. The van der Waals surface area contributed by atoms with Gasteiger partial charge in [-0.1, -0.05) is 18.2 Å². The van der Waals surface area contributed by atoms with Crippen LogP contribution >= 0.6 is 11.3 Å². The molecule has 0 fully saturated rings. The summed E-state index contributed by atoms with van der Waals surface area (Å²) in [6.45, 7) is 1.59. The summed E-state index contributed by atoms with van der Waals surface area (Å²) in [5.74, 6) is -0.847. The molecule has 0 spiro atoms. The molecule has 1 amide bonds. The number of benzene rings is 1. The van der Waals surface area contributed by atoms with Gasteiger partial charge < -0.3 is 15.4 Å². The second kappa shape index (κ2) is 7.61. The zero-order valence-electron chi connectivity index (χ0n) is 12.5. The number of carbonyl (C=O) groups excluding carboxylic acids is 2. The summed E-state index contributed by atoms with van der Waals surface area (Å²) < 4.78 is 5.06. The highest BCUT2D eigenvalue weighted by Gasteiger charge is 2.15. The van der Waals surface area contributed by atoms with Crippen molar-refractivity contribution >= 4 is 28.9 Å². The number of carbonyl (C=O) groups is 2. The van der Waals surface area contributed by atoms with Gasteiger partial charge in [-0.15, -0.1) is 11.3 Å². The molecule has 6 heteroatoms. The van der Waals surface area contributed by atoms with Crippen molar-refractivity contribution in [2.75, 3.05) is 19.0 Å². The second-order valence-electron chi connectivity index (χ2n) is 4.68. The van der Waals surface area contributed by atoms with Crippen LogP contribution in [0.4, 0.5) is 5.69 Å². The number of nitrogens with one attached hydrogen (secondary N) is 2. The molecule has 5 nitrogen and oxygen atoms in total. The SMILES string of the molecule is CNc1ccccc1C(=O)OCC(=O)N[C@H](C)c1cccs1. The van der Waals surface area contributed by atoms with Gasteiger partial charge in [0.25, 0.3) is 5.91 Å². The third-order valence-electron chi connectivity index (χ3n) is 3.10. The van der Waals surface area contributed by atoms with Gasteiger partial charge in [-0.25, -0.2) is 4.79 Å². The fraction of sp³-hybridized carbons (Fsp3) is 0.250. The number of esters is 1. The van der Waals surface area contributed by atoms with E-state index in [-0.39, 0.29) is 18.6 Å². The first-order chi connectivity index (χ1) is 10.6. The molecule has 0 unspecified atom stereocenters. The maximum atomic E-state index is 12.0. The lowest BCUT2D eigenvalue weighted by atomic mass is 10.2. The predicted molar refractivity (Wildman–Crippen MR) is 87.1 cm³/mol. The van der Waals surface area contributed by atoms with Crippen LogP contribution in [0.5, 0.6) is 0 Å². The Hall–Kier alpha value is -2.34. The Morgan fingerprint density at radius 2 is 2.00 bits per heavy atom. The fourth-order valence-electron chi connectivity index (χ4n) is 1.98. The number of para-hydroxylation sites is 1. The molecule has 0 saturated heterocycles. The summed E-state index contributed by atoms with van der Waals surface area (Å²) in [4.78, 5) is 24.9. The molecule has 1 aromatic carbocycles. The number of rotatable bonds is 6. The Bertz CT molecular complexity index is 641.